The van der Waals surface area contributed by atoms with Crippen LogP contribution in [0.5, 0.6) is 0 Å². The summed E-state index contributed by atoms with van der Waals surface area (Å²) >= 11 is 7.14. The lowest BCUT2D eigenvalue weighted by atomic mass is 9.98. The van der Waals surface area contributed by atoms with Crippen molar-refractivity contribution in [2.45, 2.75) is 43.5 Å². The Bertz CT molecular complexity index is 1190. The minimum absolute atomic E-state index is 0.275. The first-order valence-corrected chi connectivity index (χ1v) is 11.1. The number of imide groups is 1. The molecule has 9 heteroatoms. The number of fused-ring (bicyclic) bond motifs is 1. The van der Waals surface area contributed by atoms with Crippen LogP contribution in [0.1, 0.15) is 38.7 Å². The highest BCUT2D eigenvalue weighted by atomic mass is 35.5. The molecule has 2 unspecified atom stereocenters. The number of thioether (sulfide) groups is 1. The summed E-state index contributed by atoms with van der Waals surface area (Å²) in [6.45, 7) is 5.87. The number of primary amides is 1. The molecule has 1 aromatic heterocycles. The number of halogens is 1. The van der Waals surface area contributed by atoms with Crippen LogP contribution < -0.4 is 16.6 Å². The van der Waals surface area contributed by atoms with Gasteiger partial charge in [0.25, 0.3) is 5.56 Å². The Labute approximate surface area is 189 Å². The van der Waals surface area contributed by atoms with Crippen molar-refractivity contribution in [2.24, 2.45) is 5.73 Å². The standard InChI is InChI=1S/C22H23ClN4O3S/c1-4-12(2)14-5-8-16(9-6-14)27-20(29)17-10-7-15(23)11-18(17)25-22(27)31-13(3)19(28)26-21(24)30/h5-13H,4H2,1-3H3,(H3,24,26,28,30). The average molecular weight is 459 g/mol. The molecule has 0 aliphatic carbocycles. The Morgan fingerprint density at radius 2 is 1.87 bits per heavy atom. The Morgan fingerprint density at radius 3 is 2.48 bits per heavy atom. The highest BCUT2D eigenvalue weighted by Crippen LogP contribution is 2.27. The molecule has 0 fully saturated rings. The molecule has 0 saturated heterocycles. The van der Waals surface area contributed by atoms with Crippen LogP contribution >= 0.6 is 23.4 Å². The number of amides is 3. The first-order chi connectivity index (χ1) is 14.7. The maximum atomic E-state index is 13.4. The molecule has 0 aliphatic rings. The van der Waals surface area contributed by atoms with Crippen molar-refractivity contribution in [1.82, 2.24) is 14.9 Å². The number of nitrogens with one attached hydrogen (secondary N) is 1. The van der Waals surface area contributed by atoms with E-state index in [9.17, 15) is 14.4 Å². The van der Waals surface area contributed by atoms with Crippen LogP contribution in [-0.4, -0.2) is 26.7 Å². The zero-order valence-corrected chi connectivity index (χ0v) is 19.0. The lowest BCUT2D eigenvalue weighted by molar-refractivity contribution is -0.119. The summed E-state index contributed by atoms with van der Waals surface area (Å²) in [5.41, 5.74) is 7.00. The number of urea groups is 1. The molecule has 2 atom stereocenters. The fourth-order valence-corrected chi connectivity index (χ4v) is 4.16. The highest BCUT2D eigenvalue weighted by molar-refractivity contribution is 8.00. The third-order valence-corrected chi connectivity index (χ3v) is 6.32. The number of aromatic nitrogens is 2. The van der Waals surface area contributed by atoms with Gasteiger partial charge in [-0.05, 0) is 55.2 Å². The molecule has 0 spiro atoms. The molecule has 0 bridgehead atoms. The van der Waals surface area contributed by atoms with Gasteiger partial charge in [-0.2, -0.15) is 0 Å². The predicted octanol–water partition coefficient (Wildman–Crippen LogP) is 4.23. The Balaban J connectivity index is 2.13. The number of benzene rings is 2. The van der Waals surface area contributed by atoms with Gasteiger partial charge in [0, 0.05) is 5.02 Å². The third kappa shape index (κ3) is 5.08. The number of carbonyl (C=O) groups excluding carboxylic acids is 2. The smallest absolute Gasteiger partial charge is 0.318 e. The Hall–Kier alpha value is -2.84. The van der Waals surface area contributed by atoms with Gasteiger partial charge in [-0.15, -0.1) is 0 Å². The molecule has 2 aromatic carbocycles. The van der Waals surface area contributed by atoms with Crippen molar-refractivity contribution < 1.29 is 9.59 Å². The summed E-state index contributed by atoms with van der Waals surface area (Å²) < 4.78 is 1.47. The van der Waals surface area contributed by atoms with E-state index >= 15 is 0 Å². The van der Waals surface area contributed by atoms with Crippen LogP contribution in [0.2, 0.25) is 5.02 Å². The topological polar surface area (TPSA) is 107 Å². The van der Waals surface area contributed by atoms with Crippen LogP contribution in [0, 0.1) is 0 Å². The summed E-state index contributed by atoms with van der Waals surface area (Å²) in [4.78, 5) is 41.2. The number of nitrogens with two attached hydrogens (primary N) is 1. The van der Waals surface area contributed by atoms with E-state index in [1.54, 1.807) is 25.1 Å². The van der Waals surface area contributed by atoms with E-state index < -0.39 is 17.2 Å². The molecule has 1 heterocycles. The van der Waals surface area contributed by atoms with E-state index in [-0.39, 0.29) is 5.56 Å². The molecular formula is C22H23ClN4O3S. The molecule has 0 aliphatic heterocycles. The summed E-state index contributed by atoms with van der Waals surface area (Å²) in [5, 5.41) is 2.50. The third-order valence-electron chi connectivity index (χ3n) is 5.03. The average Bonchev–Trinajstić information content (AvgIpc) is 2.72. The van der Waals surface area contributed by atoms with Gasteiger partial charge in [0.05, 0.1) is 21.8 Å². The quantitative estimate of drug-likeness (QED) is 0.424. The minimum Gasteiger partial charge on any atom is -0.351 e. The fraction of sp³-hybridized carbons (Fsp3) is 0.273. The van der Waals surface area contributed by atoms with Gasteiger partial charge in [0.15, 0.2) is 5.16 Å². The molecule has 0 radical (unpaired) electrons. The van der Waals surface area contributed by atoms with Gasteiger partial charge < -0.3 is 5.73 Å². The van der Waals surface area contributed by atoms with Gasteiger partial charge >= 0.3 is 6.03 Å². The molecule has 3 amide bonds. The predicted molar refractivity (Wildman–Crippen MR) is 124 cm³/mol. The zero-order valence-electron chi connectivity index (χ0n) is 17.4. The Morgan fingerprint density at radius 1 is 1.19 bits per heavy atom. The zero-order chi connectivity index (χ0) is 22.7. The number of hydrogen-bond acceptors (Lipinski definition) is 5. The number of rotatable bonds is 6. The first kappa shape index (κ1) is 22.8. The summed E-state index contributed by atoms with van der Waals surface area (Å²) in [5.74, 6) is -0.175. The molecule has 3 rings (SSSR count). The van der Waals surface area contributed by atoms with Gasteiger partial charge in [-0.3, -0.25) is 19.5 Å². The van der Waals surface area contributed by atoms with Crippen molar-refractivity contribution >= 4 is 46.2 Å². The van der Waals surface area contributed by atoms with Gasteiger partial charge in [-0.1, -0.05) is 49.3 Å². The van der Waals surface area contributed by atoms with Crippen LogP contribution in [0.3, 0.4) is 0 Å². The molecule has 3 aromatic rings. The summed E-state index contributed by atoms with van der Waals surface area (Å²) in [7, 11) is 0. The van der Waals surface area contributed by atoms with E-state index in [0.717, 1.165) is 18.2 Å². The fourth-order valence-electron chi connectivity index (χ4n) is 3.07. The lowest BCUT2D eigenvalue weighted by Crippen LogP contribution is -2.39. The molecular weight excluding hydrogens is 436 g/mol. The van der Waals surface area contributed by atoms with Crippen molar-refractivity contribution in [2.75, 3.05) is 0 Å². The molecule has 162 valence electrons. The summed E-state index contributed by atoms with van der Waals surface area (Å²) in [6.07, 6.45) is 1.01. The molecule has 31 heavy (non-hydrogen) atoms. The van der Waals surface area contributed by atoms with E-state index in [1.165, 1.54) is 10.1 Å². The largest absolute Gasteiger partial charge is 0.351 e. The second kappa shape index (κ2) is 9.53. The SMILES string of the molecule is CCC(C)c1ccc(-n2c(SC(C)C(=O)NC(N)=O)nc3cc(Cl)ccc3c2=O)cc1. The molecule has 3 N–H and O–H groups in total. The van der Waals surface area contributed by atoms with Crippen molar-refractivity contribution in [3.05, 3.63) is 63.4 Å². The second-order valence-electron chi connectivity index (χ2n) is 7.21. The van der Waals surface area contributed by atoms with Crippen molar-refractivity contribution in [3.8, 4) is 5.69 Å². The van der Waals surface area contributed by atoms with Crippen LogP contribution in [0.25, 0.3) is 16.6 Å². The molecule has 0 saturated carbocycles. The van der Waals surface area contributed by atoms with Crippen molar-refractivity contribution in [3.63, 3.8) is 0 Å². The summed E-state index contributed by atoms with van der Waals surface area (Å²) in [6, 6.07) is 11.6. The highest BCUT2D eigenvalue weighted by Gasteiger charge is 2.21. The maximum Gasteiger partial charge on any atom is 0.318 e. The van der Waals surface area contributed by atoms with Crippen LogP contribution in [0.15, 0.2) is 52.4 Å². The maximum absolute atomic E-state index is 13.4. The van der Waals surface area contributed by atoms with Gasteiger partial charge in [0.1, 0.15) is 0 Å². The monoisotopic (exact) mass is 458 g/mol. The van der Waals surface area contributed by atoms with Crippen LogP contribution in [-0.2, 0) is 4.79 Å². The minimum atomic E-state index is -0.936. The second-order valence-corrected chi connectivity index (χ2v) is 8.96. The number of nitrogens with zero attached hydrogens (tertiary/aromatic N) is 2. The van der Waals surface area contributed by atoms with Crippen LogP contribution in [0.4, 0.5) is 4.79 Å². The van der Waals surface area contributed by atoms with Crippen molar-refractivity contribution in [1.29, 1.82) is 0 Å². The molecule has 7 nitrogen and oxygen atoms in total. The normalized spacial score (nSPS) is 13.0. The van der Waals surface area contributed by atoms with E-state index in [2.05, 4.69) is 24.1 Å². The van der Waals surface area contributed by atoms with Gasteiger partial charge in [0.2, 0.25) is 5.91 Å². The number of carbonyl (C=O) groups is 2. The Kier molecular flexibility index (Phi) is 7.02. The van der Waals surface area contributed by atoms with Gasteiger partial charge in [-0.25, -0.2) is 9.78 Å². The lowest BCUT2D eigenvalue weighted by Gasteiger charge is -2.17. The van der Waals surface area contributed by atoms with E-state index in [0.29, 0.717) is 32.7 Å². The first-order valence-electron chi connectivity index (χ1n) is 9.80. The number of hydrogen-bond donors (Lipinski definition) is 2. The van der Waals surface area contributed by atoms with E-state index in [4.69, 9.17) is 17.3 Å². The van der Waals surface area contributed by atoms with E-state index in [1.807, 2.05) is 24.3 Å².